The minimum Gasteiger partial charge on any atom is -0.297 e. The van der Waals surface area contributed by atoms with Crippen molar-refractivity contribution in [2.75, 3.05) is 11.5 Å². The molecule has 0 aromatic carbocycles. The Balaban J connectivity index is 3.75. The van der Waals surface area contributed by atoms with Gasteiger partial charge in [0.05, 0.1) is 6.07 Å². The van der Waals surface area contributed by atoms with Gasteiger partial charge in [-0.05, 0) is 51.0 Å². The summed E-state index contributed by atoms with van der Waals surface area (Å²) in [5, 5.41) is 12.5. The minimum atomic E-state index is -0.355. The predicted octanol–water partition coefficient (Wildman–Crippen LogP) is 3.44. The maximum atomic E-state index is 9.16. The first kappa shape index (κ1) is 15.8. The summed E-state index contributed by atoms with van der Waals surface area (Å²) >= 11 is 1.99. The van der Waals surface area contributed by atoms with Gasteiger partial charge in [-0.1, -0.05) is 13.8 Å². The molecule has 0 radical (unpaired) electrons. The van der Waals surface area contributed by atoms with Gasteiger partial charge in [0, 0.05) is 6.04 Å². The lowest BCUT2D eigenvalue weighted by molar-refractivity contribution is 0.380. The third kappa shape index (κ3) is 8.01. The second-order valence-corrected chi connectivity index (χ2v) is 6.47. The molecule has 0 aliphatic rings. The van der Waals surface area contributed by atoms with E-state index in [2.05, 4.69) is 39.1 Å². The van der Waals surface area contributed by atoms with Gasteiger partial charge in [0.25, 0.3) is 0 Å². The van der Waals surface area contributed by atoms with Crippen molar-refractivity contribution in [2.45, 2.75) is 59.0 Å². The number of hydrogen-bond donors (Lipinski definition) is 1. The van der Waals surface area contributed by atoms with Crippen LogP contribution in [-0.4, -0.2) is 23.1 Å². The van der Waals surface area contributed by atoms with Gasteiger partial charge < -0.3 is 0 Å². The number of rotatable bonds is 8. The van der Waals surface area contributed by atoms with E-state index in [0.29, 0.717) is 6.04 Å². The fourth-order valence-corrected chi connectivity index (χ4v) is 2.63. The van der Waals surface area contributed by atoms with Gasteiger partial charge in [0.1, 0.15) is 5.54 Å². The van der Waals surface area contributed by atoms with Gasteiger partial charge in [0.15, 0.2) is 0 Å². The van der Waals surface area contributed by atoms with Gasteiger partial charge in [-0.3, -0.25) is 5.32 Å². The molecular formula is C13H26N2S. The summed E-state index contributed by atoms with van der Waals surface area (Å²) in [6, 6.07) is 2.76. The van der Waals surface area contributed by atoms with Gasteiger partial charge >= 0.3 is 0 Å². The van der Waals surface area contributed by atoms with Crippen LogP contribution in [-0.2, 0) is 0 Å². The average Bonchev–Trinajstić information content (AvgIpc) is 2.15. The van der Waals surface area contributed by atoms with Crippen molar-refractivity contribution in [2.24, 2.45) is 5.92 Å². The summed E-state index contributed by atoms with van der Waals surface area (Å²) in [6.45, 7) is 10.7. The number of nitrogens with one attached hydrogen (secondary N) is 1. The predicted molar refractivity (Wildman–Crippen MR) is 73.7 cm³/mol. The molecule has 1 atom stereocenters. The van der Waals surface area contributed by atoms with Crippen LogP contribution in [0.3, 0.4) is 0 Å². The Morgan fingerprint density at radius 2 is 1.94 bits per heavy atom. The first-order valence-electron chi connectivity index (χ1n) is 6.16. The molecular weight excluding hydrogens is 216 g/mol. The summed E-state index contributed by atoms with van der Waals surface area (Å²) < 4.78 is 0. The molecule has 1 unspecified atom stereocenters. The molecule has 0 fully saturated rings. The maximum Gasteiger partial charge on any atom is 0.104 e. The first-order chi connectivity index (χ1) is 7.39. The second-order valence-electron chi connectivity index (χ2n) is 5.32. The molecule has 0 aromatic heterocycles. The molecule has 0 bridgehead atoms. The average molecular weight is 242 g/mol. The number of nitriles is 1. The van der Waals surface area contributed by atoms with E-state index in [-0.39, 0.29) is 5.54 Å². The van der Waals surface area contributed by atoms with Crippen LogP contribution in [0.4, 0.5) is 0 Å². The molecule has 1 N–H and O–H groups in total. The van der Waals surface area contributed by atoms with Crippen molar-refractivity contribution < 1.29 is 0 Å². The Labute approximate surface area is 105 Å². The fraction of sp³-hybridized carbons (Fsp3) is 0.923. The summed E-state index contributed by atoms with van der Waals surface area (Å²) in [4.78, 5) is 0. The SMILES string of the molecule is CC(C)CSCCCC(C)(C#N)NC(C)C. The zero-order valence-electron chi connectivity index (χ0n) is 11.3. The van der Waals surface area contributed by atoms with Gasteiger partial charge in [0.2, 0.25) is 0 Å². The number of nitrogens with zero attached hydrogens (tertiary/aromatic N) is 1. The van der Waals surface area contributed by atoms with Crippen LogP contribution in [0.5, 0.6) is 0 Å². The molecule has 0 saturated carbocycles. The van der Waals surface area contributed by atoms with E-state index in [4.69, 9.17) is 5.26 Å². The van der Waals surface area contributed by atoms with Crippen LogP contribution in [0.15, 0.2) is 0 Å². The zero-order chi connectivity index (χ0) is 12.6. The van der Waals surface area contributed by atoms with Gasteiger partial charge in [-0.2, -0.15) is 17.0 Å². The summed E-state index contributed by atoms with van der Waals surface area (Å²) in [5.41, 5.74) is -0.355. The molecule has 0 aliphatic heterocycles. The quantitative estimate of drug-likeness (QED) is 0.662. The third-order valence-electron chi connectivity index (χ3n) is 2.27. The lowest BCUT2D eigenvalue weighted by atomic mass is 9.97. The van der Waals surface area contributed by atoms with Crippen LogP contribution in [0.25, 0.3) is 0 Å². The van der Waals surface area contributed by atoms with Crippen molar-refractivity contribution >= 4 is 11.8 Å². The normalized spacial score (nSPS) is 15.1. The Morgan fingerprint density at radius 3 is 2.38 bits per heavy atom. The molecule has 16 heavy (non-hydrogen) atoms. The Morgan fingerprint density at radius 1 is 1.31 bits per heavy atom. The lowest BCUT2D eigenvalue weighted by Gasteiger charge is -2.25. The summed E-state index contributed by atoms with van der Waals surface area (Å²) in [5.74, 6) is 3.15. The van der Waals surface area contributed by atoms with Crippen molar-refractivity contribution in [1.29, 1.82) is 5.26 Å². The van der Waals surface area contributed by atoms with Crippen molar-refractivity contribution in [3.63, 3.8) is 0 Å². The topological polar surface area (TPSA) is 35.8 Å². The monoisotopic (exact) mass is 242 g/mol. The maximum absolute atomic E-state index is 9.16. The summed E-state index contributed by atoms with van der Waals surface area (Å²) in [6.07, 6.45) is 2.05. The number of hydrogen-bond acceptors (Lipinski definition) is 3. The molecule has 0 spiro atoms. The van der Waals surface area contributed by atoms with Crippen molar-refractivity contribution in [3.05, 3.63) is 0 Å². The Kier molecular flexibility index (Phi) is 7.87. The largest absolute Gasteiger partial charge is 0.297 e. The van der Waals surface area contributed by atoms with Gasteiger partial charge in [-0.25, -0.2) is 0 Å². The highest BCUT2D eigenvalue weighted by molar-refractivity contribution is 7.99. The highest BCUT2D eigenvalue weighted by atomic mass is 32.2. The molecule has 3 heteroatoms. The van der Waals surface area contributed by atoms with E-state index in [9.17, 15) is 0 Å². The first-order valence-corrected chi connectivity index (χ1v) is 7.32. The smallest absolute Gasteiger partial charge is 0.104 e. The zero-order valence-corrected chi connectivity index (χ0v) is 12.2. The van der Waals surface area contributed by atoms with Crippen LogP contribution < -0.4 is 5.32 Å². The second kappa shape index (κ2) is 7.97. The van der Waals surface area contributed by atoms with Crippen LogP contribution in [0.2, 0.25) is 0 Å². The molecule has 0 aliphatic carbocycles. The highest BCUT2D eigenvalue weighted by Crippen LogP contribution is 2.16. The van der Waals surface area contributed by atoms with E-state index in [0.717, 1.165) is 24.5 Å². The minimum absolute atomic E-state index is 0.355. The highest BCUT2D eigenvalue weighted by Gasteiger charge is 2.23. The number of thioether (sulfide) groups is 1. The molecule has 0 amide bonds. The standard InChI is InChI=1S/C13H26N2S/c1-11(2)9-16-8-6-7-13(5,10-14)15-12(3)4/h11-12,15H,6-9H2,1-5H3. The molecule has 0 saturated heterocycles. The van der Waals surface area contributed by atoms with E-state index in [1.165, 1.54) is 5.75 Å². The molecule has 2 nitrogen and oxygen atoms in total. The molecule has 0 aromatic rings. The van der Waals surface area contributed by atoms with E-state index >= 15 is 0 Å². The summed E-state index contributed by atoms with van der Waals surface area (Å²) in [7, 11) is 0. The van der Waals surface area contributed by atoms with Crippen molar-refractivity contribution in [3.8, 4) is 6.07 Å². The molecule has 0 heterocycles. The van der Waals surface area contributed by atoms with E-state index < -0.39 is 0 Å². The Bertz CT molecular complexity index is 220. The fourth-order valence-electron chi connectivity index (χ4n) is 1.64. The van der Waals surface area contributed by atoms with Crippen LogP contribution in [0, 0.1) is 17.2 Å². The van der Waals surface area contributed by atoms with Gasteiger partial charge in [-0.15, -0.1) is 0 Å². The molecule has 0 rings (SSSR count). The van der Waals surface area contributed by atoms with Crippen LogP contribution >= 0.6 is 11.8 Å². The third-order valence-corrected chi connectivity index (χ3v) is 3.75. The van der Waals surface area contributed by atoms with E-state index in [1.54, 1.807) is 0 Å². The van der Waals surface area contributed by atoms with Crippen LogP contribution in [0.1, 0.15) is 47.5 Å². The van der Waals surface area contributed by atoms with E-state index in [1.807, 2.05) is 18.7 Å². The molecule has 94 valence electrons. The van der Waals surface area contributed by atoms with Crippen molar-refractivity contribution in [1.82, 2.24) is 5.32 Å². The Hall–Kier alpha value is -0.200. The lowest BCUT2D eigenvalue weighted by Crippen LogP contribution is -2.44.